The number of carbonyl (C=O) groups excluding carboxylic acids is 2. The molecule has 4 rings (SSSR count). The highest BCUT2D eigenvalue weighted by Gasteiger charge is 2.25. The molecule has 0 saturated heterocycles. The molecule has 0 bridgehead atoms. The lowest BCUT2D eigenvalue weighted by molar-refractivity contribution is -0.133. The number of urea groups is 1. The first kappa shape index (κ1) is 25.0. The van der Waals surface area contributed by atoms with Gasteiger partial charge in [0.2, 0.25) is 12.7 Å². The first-order chi connectivity index (χ1) is 17.4. The number of para-hydroxylation sites is 2. The molecular formula is C27H31N3O6. The van der Waals surface area contributed by atoms with Crippen molar-refractivity contribution < 1.29 is 28.2 Å². The Bertz CT molecular complexity index is 1180. The number of hydrogen-bond acceptors (Lipinski definition) is 6. The van der Waals surface area contributed by atoms with E-state index in [1.165, 1.54) is 4.90 Å². The maximum atomic E-state index is 13.5. The van der Waals surface area contributed by atoms with Gasteiger partial charge in [0.25, 0.3) is 0 Å². The minimum Gasteiger partial charge on any atom is -0.492 e. The van der Waals surface area contributed by atoms with Crippen LogP contribution in [-0.2, 0) is 17.9 Å². The van der Waals surface area contributed by atoms with E-state index >= 15 is 0 Å². The van der Waals surface area contributed by atoms with Gasteiger partial charge in [-0.1, -0.05) is 18.2 Å². The minimum atomic E-state index is -0.383. The SMILES string of the molecule is CCOc1ccccc1NC(=O)N(CC(=O)N(Cc1ccc2c(c1)OCO2)Cc1ccco1)C(C)C. The normalized spacial score (nSPS) is 11.9. The van der Waals surface area contributed by atoms with Gasteiger partial charge < -0.3 is 33.7 Å². The van der Waals surface area contributed by atoms with Crippen LogP contribution in [0.15, 0.2) is 65.3 Å². The van der Waals surface area contributed by atoms with E-state index in [1.54, 1.807) is 29.4 Å². The molecule has 0 atom stereocenters. The molecule has 1 aromatic heterocycles. The summed E-state index contributed by atoms with van der Waals surface area (Å²) >= 11 is 0. The molecule has 2 aromatic carbocycles. The average molecular weight is 494 g/mol. The molecule has 0 saturated carbocycles. The van der Waals surface area contributed by atoms with Crippen molar-refractivity contribution in [3.8, 4) is 17.2 Å². The predicted molar refractivity (Wildman–Crippen MR) is 134 cm³/mol. The number of nitrogens with one attached hydrogen (secondary N) is 1. The van der Waals surface area contributed by atoms with Gasteiger partial charge in [0.05, 0.1) is 25.1 Å². The molecule has 3 amide bonds. The monoisotopic (exact) mass is 493 g/mol. The third-order valence-corrected chi connectivity index (χ3v) is 5.71. The summed E-state index contributed by atoms with van der Waals surface area (Å²) in [5.74, 6) is 2.33. The van der Waals surface area contributed by atoms with E-state index in [9.17, 15) is 9.59 Å². The van der Waals surface area contributed by atoms with Gasteiger partial charge in [0, 0.05) is 12.6 Å². The number of anilines is 1. The number of carbonyl (C=O) groups is 2. The molecule has 36 heavy (non-hydrogen) atoms. The third kappa shape index (κ3) is 6.10. The zero-order valence-corrected chi connectivity index (χ0v) is 20.7. The van der Waals surface area contributed by atoms with E-state index in [-0.39, 0.29) is 37.9 Å². The molecule has 0 aliphatic carbocycles. The van der Waals surface area contributed by atoms with E-state index in [0.717, 1.165) is 5.56 Å². The summed E-state index contributed by atoms with van der Waals surface area (Å²) in [7, 11) is 0. The second-order valence-electron chi connectivity index (χ2n) is 8.60. The Kier molecular flexibility index (Phi) is 7.99. The van der Waals surface area contributed by atoms with Crippen LogP contribution in [0.3, 0.4) is 0 Å². The number of furan rings is 1. The Morgan fingerprint density at radius 2 is 1.83 bits per heavy atom. The maximum Gasteiger partial charge on any atom is 0.322 e. The average Bonchev–Trinajstić information content (AvgIpc) is 3.55. The molecular weight excluding hydrogens is 462 g/mol. The van der Waals surface area contributed by atoms with Crippen LogP contribution in [0.4, 0.5) is 10.5 Å². The van der Waals surface area contributed by atoms with E-state index in [4.69, 9.17) is 18.6 Å². The van der Waals surface area contributed by atoms with Crippen LogP contribution >= 0.6 is 0 Å². The van der Waals surface area contributed by atoms with Crippen molar-refractivity contribution in [3.05, 3.63) is 72.2 Å². The highest BCUT2D eigenvalue weighted by Crippen LogP contribution is 2.33. The van der Waals surface area contributed by atoms with Crippen molar-refractivity contribution in [3.63, 3.8) is 0 Å². The molecule has 0 spiro atoms. The lowest BCUT2D eigenvalue weighted by atomic mass is 10.1. The smallest absolute Gasteiger partial charge is 0.322 e. The Morgan fingerprint density at radius 1 is 1.03 bits per heavy atom. The first-order valence-electron chi connectivity index (χ1n) is 11.9. The maximum absolute atomic E-state index is 13.5. The van der Waals surface area contributed by atoms with Crippen molar-refractivity contribution in [1.29, 1.82) is 0 Å². The molecule has 2 heterocycles. The Labute approximate surface area is 210 Å². The molecule has 0 unspecified atom stereocenters. The van der Waals surface area contributed by atoms with Crippen molar-refractivity contribution in [2.75, 3.05) is 25.3 Å². The number of nitrogens with zero attached hydrogens (tertiary/aromatic N) is 2. The number of fused-ring (bicyclic) bond motifs is 1. The second-order valence-corrected chi connectivity index (χ2v) is 8.60. The van der Waals surface area contributed by atoms with Crippen molar-refractivity contribution in [2.45, 2.75) is 39.9 Å². The van der Waals surface area contributed by atoms with Crippen LogP contribution in [0, 0.1) is 0 Å². The largest absolute Gasteiger partial charge is 0.492 e. The highest BCUT2D eigenvalue weighted by molar-refractivity contribution is 5.93. The van der Waals surface area contributed by atoms with Crippen LogP contribution in [-0.4, -0.2) is 47.7 Å². The van der Waals surface area contributed by atoms with Crippen LogP contribution in [0.5, 0.6) is 17.2 Å². The van der Waals surface area contributed by atoms with Gasteiger partial charge in [-0.15, -0.1) is 0 Å². The standard InChI is InChI=1S/C27H31N3O6/c1-4-33-23-10-6-5-9-22(23)28-27(32)30(19(2)3)17-26(31)29(16-21-8-7-13-34-21)15-20-11-12-24-25(14-20)36-18-35-24/h5-14,19H,4,15-18H2,1-3H3,(H,28,32). The Morgan fingerprint density at radius 3 is 2.58 bits per heavy atom. The van der Waals surface area contributed by atoms with E-state index < -0.39 is 0 Å². The number of rotatable bonds is 10. The molecule has 190 valence electrons. The lowest BCUT2D eigenvalue weighted by Gasteiger charge is -2.30. The second kappa shape index (κ2) is 11.5. The Hall–Kier alpha value is -4.14. The molecule has 1 aliphatic rings. The quantitative estimate of drug-likeness (QED) is 0.433. The Balaban J connectivity index is 1.50. The number of amides is 3. The van der Waals surface area contributed by atoms with Crippen LogP contribution in [0.1, 0.15) is 32.1 Å². The van der Waals surface area contributed by atoms with Crippen molar-refractivity contribution >= 4 is 17.6 Å². The predicted octanol–water partition coefficient (Wildman–Crippen LogP) is 4.88. The fraction of sp³-hybridized carbons (Fsp3) is 0.333. The van der Waals surface area contributed by atoms with Gasteiger partial charge in [-0.2, -0.15) is 0 Å². The van der Waals surface area contributed by atoms with Crippen LogP contribution in [0.2, 0.25) is 0 Å². The van der Waals surface area contributed by atoms with Gasteiger partial charge >= 0.3 is 6.03 Å². The van der Waals surface area contributed by atoms with E-state index in [0.29, 0.717) is 41.8 Å². The van der Waals surface area contributed by atoms with Crippen LogP contribution in [0.25, 0.3) is 0 Å². The summed E-state index contributed by atoms with van der Waals surface area (Å²) < 4.78 is 22.0. The molecule has 9 heteroatoms. The minimum absolute atomic E-state index is 0.106. The summed E-state index contributed by atoms with van der Waals surface area (Å²) in [6.07, 6.45) is 1.57. The van der Waals surface area contributed by atoms with Gasteiger partial charge in [-0.25, -0.2) is 4.79 Å². The summed E-state index contributed by atoms with van der Waals surface area (Å²) in [4.78, 5) is 29.9. The third-order valence-electron chi connectivity index (χ3n) is 5.71. The molecule has 0 fully saturated rings. The first-order valence-corrected chi connectivity index (χ1v) is 11.9. The number of ether oxygens (including phenoxy) is 3. The van der Waals surface area contributed by atoms with Gasteiger partial charge in [0.15, 0.2) is 11.5 Å². The van der Waals surface area contributed by atoms with Crippen LogP contribution < -0.4 is 19.5 Å². The van der Waals surface area contributed by atoms with Gasteiger partial charge in [-0.05, 0) is 62.7 Å². The number of benzene rings is 2. The number of hydrogen-bond donors (Lipinski definition) is 1. The molecule has 9 nitrogen and oxygen atoms in total. The fourth-order valence-corrected chi connectivity index (χ4v) is 3.86. The molecule has 1 N–H and O–H groups in total. The zero-order chi connectivity index (χ0) is 25.5. The van der Waals surface area contributed by atoms with Gasteiger partial charge in [0.1, 0.15) is 18.1 Å². The summed E-state index contributed by atoms with van der Waals surface area (Å²) in [6.45, 7) is 6.75. The molecule has 0 radical (unpaired) electrons. The van der Waals surface area contributed by atoms with Crippen molar-refractivity contribution in [2.24, 2.45) is 0 Å². The zero-order valence-electron chi connectivity index (χ0n) is 20.7. The molecule has 3 aromatic rings. The van der Waals surface area contributed by atoms with Crippen molar-refractivity contribution in [1.82, 2.24) is 9.80 Å². The summed E-state index contributed by atoms with van der Waals surface area (Å²) in [6, 6.07) is 15.8. The topological polar surface area (TPSA) is 93.5 Å². The van der Waals surface area contributed by atoms with E-state index in [1.807, 2.05) is 57.2 Å². The van der Waals surface area contributed by atoms with Gasteiger partial charge in [-0.3, -0.25) is 4.79 Å². The lowest BCUT2D eigenvalue weighted by Crippen LogP contribution is -2.47. The highest BCUT2D eigenvalue weighted by atomic mass is 16.7. The van der Waals surface area contributed by atoms with E-state index in [2.05, 4.69) is 5.32 Å². The summed E-state index contributed by atoms with van der Waals surface area (Å²) in [5, 5.41) is 2.89. The summed E-state index contributed by atoms with van der Waals surface area (Å²) in [5.41, 5.74) is 1.43. The molecule has 1 aliphatic heterocycles. The fourth-order valence-electron chi connectivity index (χ4n) is 3.86.